The lowest BCUT2D eigenvalue weighted by Gasteiger charge is -2.36. The Balaban J connectivity index is 1.31. The van der Waals surface area contributed by atoms with Crippen LogP contribution in [0.5, 0.6) is 0 Å². The number of H-pyrrole nitrogens is 1. The van der Waals surface area contributed by atoms with E-state index in [1.165, 1.54) is 0 Å². The fourth-order valence-electron chi connectivity index (χ4n) is 3.50. The number of benzene rings is 1. The van der Waals surface area contributed by atoms with E-state index in [2.05, 4.69) is 25.4 Å². The van der Waals surface area contributed by atoms with Crippen molar-refractivity contribution in [1.82, 2.24) is 20.1 Å². The molecule has 0 saturated carbocycles. The van der Waals surface area contributed by atoms with Gasteiger partial charge >= 0.3 is 6.09 Å². The first kappa shape index (κ1) is 22.3. The van der Waals surface area contributed by atoms with Crippen LogP contribution in [0, 0.1) is 0 Å². The smallest absolute Gasteiger partial charge is 0.410 e. The van der Waals surface area contributed by atoms with Crippen LogP contribution in [-0.4, -0.2) is 63.9 Å². The zero-order valence-corrected chi connectivity index (χ0v) is 19.0. The maximum atomic E-state index is 12.6. The molecular formula is C24H28N6O3. The molecular weight excluding hydrogens is 420 g/mol. The van der Waals surface area contributed by atoms with Crippen LogP contribution in [0.3, 0.4) is 0 Å². The first-order chi connectivity index (χ1) is 15.8. The van der Waals surface area contributed by atoms with Crippen molar-refractivity contribution < 1.29 is 14.3 Å². The first-order valence-corrected chi connectivity index (χ1v) is 10.9. The molecule has 0 unspecified atom stereocenters. The standard InChI is InChI=1S/C24H28N6O3/c1-24(2,3)33-23(32)30-13-11-29(12-14-30)18-9-10-21(25-16-18)26-22(31)20-15-19(27-28-20)17-7-5-4-6-8-17/h4-10,15-16H,11-14H2,1-3H3,(H,27,28)(H,25,26,31). The molecule has 1 aromatic carbocycles. The topological polar surface area (TPSA) is 103 Å². The highest BCUT2D eigenvalue weighted by Crippen LogP contribution is 2.20. The van der Waals surface area contributed by atoms with Crippen molar-refractivity contribution in [3.8, 4) is 11.3 Å². The second kappa shape index (κ2) is 9.32. The highest BCUT2D eigenvalue weighted by atomic mass is 16.6. The quantitative estimate of drug-likeness (QED) is 0.630. The number of ether oxygens (including phenoxy) is 1. The van der Waals surface area contributed by atoms with Gasteiger partial charge in [-0.3, -0.25) is 9.89 Å². The molecule has 33 heavy (non-hydrogen) atoms. The third-order valence-electron chi connectivity index (χ3n) is 5.18. The summed E-state index contributed by atoms with van der Waals surface area (Å²) in [5, 5.41) is 9.77. The zero-order chi connectivity index (χ0) is 23.4. The molecule has 9 nitrogen and oxygen atoms in total. The molecule has 1 fully saturated rings. The molecule has 0 atom stereocenters. The Morgan fingerprint density at radius 3 is 2.39 bits per heavy atom. The summed E-state index contributed by atoms with van der Waals surface area (Å²) in [4.78, 5) is 33.0. The van der Waals surface area contributed by atoms with E-state index < -0.39 is 5.60 Å². The first-order valence-electron chi connectivity index (χ1n) is 10.9. The number of nitrogens with one attached hydrogen (secondary N) is 2. The second-order valence-corrected chi connectivity index (χ2v) is 8.84. The van der Waals surface area contributed by atoms with E-state index in [9.17, 15) is 9.59 Å². The van der Waals surface area contributed by atoms with Crippen LogP contribution in [0.1, 0.15) is 31.3 Å². The van der Waals surface area contributed by atoms with Gasteiger partial charge in [0.05, 0.1) is 17.6 Å². The minimum absolute atomic E-state index is 0.285. The van der Waals surface area contributed by atoms with Crippen LogP contribution in [0.25, 0.3) is 11.3 Å². The molecule has 9 heteroatoms. The summed E-state index contributed by atoms with van der Waals surface area (Å²) in [6.07, 6.45) is 1.44. The van der Waals surface area contributed by atoms with E-state index >= 15 is 0 Å². The number of anilines is 2. The fourth-order valence-corrected chi connectivity index (χ4v) is 3.50. The van der Waals surface area contributed by atoms with Crippen LogP contribution < -0.4 is 10.2 Å². The molecule has 2 N–H and O–H groups in total. The van der Waals surface area contributed by atoms with Crippen molar-refractivity contribution in [3.63, 3.8) is 0 Å². The number of rotatable bonds is 4. The van der Waals surface area contributed by atoms with Crippen LogP contribution in [0.2, 0.25) is 0 Å². The highest BCUT2D eigenvalue weighted by molar-refractivity contribution is 6.03. The van der Waals surface area contributed by atoms with Gasteiger partial charge in [-0.05, 0) is 39.0 Å². The van der Waals surface area contributed by atoms with Crippen LogP contribution >= 0.6 is 0 Å². The number of pyridine rings is 1. The lowest BCUT2D eigenvalue weighted by atomic mass is 10.1. The summed E-state index contributed by atoms with van der Waals surface area (Å²) in [7, 11) is 0. The minimum atomic E-state index is -0.502. The number of carbonyl (C=O) groups is 2. The van der Waals surface area contributed by atoms with Crippen LogP contribution in [0.4, 0.5) is 16.3 Å². The zero-order valence-electron chi connectivity index (χ0n) is 19.0. The van der Waals surface area contributed by atoms with Gasteiger partial charge in [-0.15, -0.1) is 0 Å². The van der Waals surface area contributed by atoms with E-state index in [-0.39, 0.29) is 12.0 Å². The van der Waals surface area contributed by atoms with Gasteiger partial charge in [-0.2, -0.15) is 5.10 Å². The molecule has 0 radical (unpaired) electrons. The largest absolute Gasteiger partial charge is 0.444 e. The van der Waals surface area contributed by atoms with E-state index in [1.54, 1.807) is 23.2 Å². The molecule has 4 rings (SSSR count). The highest BCUT2D eigenvalue weighted by Gasteiger charge is 2.26. The normalized spacial score (nSPS) is 14.2. The van der Waals surface area contributed by atoms with Gasteiger partial charge in [0.1, 0.15) is 17.1 Å². The Kier molecular flexibility index (Phi) is 6.30. The molecule has 3 heterocycles. The maximum Gasteiger partial charge on any atom is 0.410 e. The van der Waals surface area contributed by atoms with E-state index in [0.29, 0.717) is 43.4 Å². The van der Waals surface area contributed by atoms with Gasteiger partial charge in [0.15, 0.2) is 0 Å². The third kappa shape index (κ3) is 5.68. The number of hydrogen-bond acceptors (Lipinski definition) is 6. The fraction of sp³-hybridized carbons (Fsp3) is 0.333. The maximum absolute atomic E-state index is 12.6. The molecule has 3 aromatic rings. The van der Waals surface area contributed by atoms with Crippen molar-refractivity contribution in [2.75, 3.05) is 36.4 Å². The lowest BCUT2D eigenvalue weighted by Crippen LogP contribution is -2.50. The molecule has 2 aromatic heterocycles. The van der Waals surface area contributed by atoms with Crippen LogP contribution in [0.15, 0.2) is 54.7 Å². The summed E-state index contributed by atoms with van der Waals surface area (Å²) < 4.78 is 5.44. The Labute approximate surface area is 192 Å². The van der Waals surface area contributed by atoms with Gasteiger partial charge in [-0.1, -0.05) is 30.3 Å². The van der Waals surface area contributed by atoms with E-state index in [4.69, 9.17) is 4.74 Å². The summed E-state index contributed by atoms with van der Waals surface area (Å²) in [5.74, 6) is 0.142. The summed E-state index contributed by atoms with van der Waals surface area (Å²) in [5.41, 5.74) is 2.43. The van der Waals surface area contributed by atoms with Gasteiger partial charge in [0.2, 0.25) is 0 Å². The van der Waals surface area contributed by atoms with Crippen molar-refractivity contribution in [3.05, 3.63) is 60.4 Å². The van der Waals surface area contributed by atoms with Crippen molar-refractivity contribution in [2.45, 2.75) is 26.4 Å². The minimum Gasteiger partial charge on any atom is -0.444 e. The third-order valence-corrected chi connectivity index (χ3v) is 5.18. The molecule has 1 saturated heterocycles. The molecule has 2 amide bonds. The molecule has 1 aliphatic rings. The number of amides is 2. The van der Waals surface area contributed by atoms with Crippen molar-refractivity contribution in [2.24, 2.45) is 0 Å². The van der Waals surface area contributed by atoms with E-state index in [1.807, 2.05) is 57.2 Å². The van der Waals surface area contributed by atoms with Gasteiger partial charge in [-0.25, -0.2) is 9.78 Å². The molecule has 0 spiro atoms. The van der Waals surface area contributed by atoms with Gasteiger partial charge < -0.3 is 19.9 Å². The number of carbonyl (C=O) groups excluding carboxylic acids is 2. The monoisotopic (exact) mass is 448 g/mol. The number of nitrogens with zero attached hydrogens (tertiary/aromatic N) is 4. The summed E-state index contributed by atoms with van der Waals surface area (Å²) in [6.45, 7) is 8.12. The predicted octanol–water partition coefficient (Wildman–Crippen LogP) is 3.78. The van der Waals surface area contributed by atoms with E-state index in [0.717, 1.165) is 11.3 Å². The van der Waals surface area contributed by atoms with Crippen LogP contribution in [-0.2, 0) is 4.74 Å². The van der Waals surface area contributed by atoms with Gasteiger partial charge in [0, 0.05) is 31.7 Å². The Hall–Kier alpha value is -3.88. The second-order valence-electron chi connectivity index (χ2n) is 8.84. The molecule has 0 bridgehead atoms. The summed E-state index contributed by atoms with van der Waals surface area (Å²) >= 11 is 0. The molecule has 172 valence electrons. The Bertz CT molecular complexity index is 1100. The number of piperazine rings is 1. The Morgan fingerprint density at radius 1 is 1.03 bits per heavy atom. The van der Waals surface area contributed by atoms with Gasteiger partial charge in [0.25, 0.3) is 5.91 Å². The number of hydrogen-bond donors (Lipinski definition) is 2. The molecule has 1 aliphatic heterocycles. The Morgan fingerprint density at radius 2 is 1.76 bits per heavy atom. The summed E-state index contributed by atoms with van der Waals surface area (Å²) in [6, 6.07) is 15.0. The SMILES string of the molecule is CC(C)(C)OC(=O)N1CCN(c2ccc(NC(=O)c3cc(-c4ccccc4)n[nH]3)nc2)CC1. The number of aromatic amines is 1. The lowest BCUT2D eigenvalue weighted by molar-refractivity contribution is 0.0240. The van der Waals surface area contributed by atoms with Crippen molar-refractivity contribution in [1.29, 1.82) is 0 Å². The average molecular weight is 449 g/mol. The van der Waals surface area contributed by atoms with Crippen molar-refractivity contribution >= 4 is 23.5 Å². The molecule has 0 aliphatic carbocycles. The number of aromatic nitrogens is 3. The predicted molar refractivity (Wildman–Crippen MR) is 126 cm³/mol. The average Bonchev–Trinajstić information content (AvgIpc) is 3.30.